The van der Waals surface area contributed by atoms with Crippen molar-refractivity contribution in [2.24, 2.45) is 0 Å². The van der Waals surface area contributed by atoms with Crippen LogP contribution in [-0.2, 0) is 4.79 Å². The lowest BCUT2D eigenvalue weighted by Crippen LogP contribution is -2.31. The van der Waals surface area contributed by atoms with Crippen molar-refractivity contribution in [3.05, 3.63) is 35.9 Å². The van der Waals surface area contributed by atoms with Gasteiger partial charge in [-0.25, -0.2) is 0 Å². The third-order valence-electron chi connectivity index (χ3n) is 2.55. The Bertz CT molecular complexity index is 323. The molecule has 74 valence electrons. The lowest BCUT2D eigenvalue weighted by atomic mass is 10.0. The molecule has 1 aromatic carbocycles. The zero-order chi connectivity index (χ0) is 9.97. The van der Waals surface area contributed by atoms with Crippen LogP contribution in [-0.4, -0.2) is 17.1 Å². The van der Waals surface area contributed by atoms with Gasteiger partial charge < -0.3 is 10.4 Å². The number of carbonyl (C=O) groups is 1. The van der Waals surface area contributed by atoms with Crippen LogP contribution in [0.4, 0.5) is 0 Å². The lowest BCUT2D eigenvalue weighted by Gasteiger charge is -2.17. The first kappa shape index (κ1) is 9.21. The summed E-state index contributed by atoms with van der Waals surface area (Å²) >= 11 is 0. The van der Waals surface area contributed by atoms with Crippen LogP contribution in [0.2, 0.25) is 0 Å². The summed E-state index contributed by atoms with van der Waals surface area (Å²) in [6, 6.07) is 9.29. The largest absolute Gasteiger partial charge is 0.386 e. The van der Waals surface area contributed by atoms with E-state index in [1.54, 1.807) is 0 Å². The van der Waals surface area contributed by atoms with Gasteiger partial charge in [0.1, 0.15) is 0 Å². The molecule has 3 nitrogen and oxygen atoms in total. The van der Waals surface area contributed by atoms with Gasteiger partial charge in [0.05, 0.1) is 12.1 Å². The van der Waals surface area contributed by atoms with Crippen molar-refractivity contribution in [1.82, 2.24) is 5.32 Å². The summed E-state index contributed by atoms with van der Waals surface area (Å²) in [6.07, 6.45) is 0.659. The van der Waals surface area contributed by atoms with E-state index in [0.29, 0.717) is 6.42 Å². The fourth-order valence-electron chi connectivity index (χ4n) is 1.76. The topological polar surface area (TPSA) is 49.3 Å². The van der Waals surface area contributed by atoms with E-state index in [0.717, 1.165) is 12.0 Å². The van der Waals surface area contributed by atoms with Crippen LogP contribution in [0.1, 0.15) is 24.5 Å². The molecule has 1 aromatic rings. The number of rotatable bonds is 2. The molecule has 1 aliphatic heterocycles. The molecular formula is C11H13NO2. The molecule has 2 atom stereocenters. The molecule has 1 saturated heterocycles. The summed E-state index contributed by atoms with van der Waals surface area (Å²) in [5, 5.41) is 12.7. The van der Waals surface area contributed by atoms with E-state index in [1.807, 2.05) is 30.3 Å². The maximum absolute atomic E-state index is 11.0. The highest BCUT2D eigenvalue weighted by atomic mass is 16.3. The molecule has 0 aromatic heterocycles. The Morgan fingerprint density at radius 3 is 2.64 bits per heavy atom. The third-order valence-corrected chi connectivity index (χ3v) is 2.55. The highest BCUT2D eigenvalue weighted by molar-refractivity contribution is 5.78. The minimum Gasteiger partial charge on any atom is -0.386 e. The van der Waals surface area contributed by atoms with Gasteiger partial charge in [0.15, 0.2) is 0 Å². The fraction of sp³-hybridized carbons (Fsp3) is 0.364. The van der Waals surface area contributed by atoms with Crippen molar-refractivity contribution < 1.29 is 9.90 Å². The number of amides is 1. The molecule has 0 radical (unpaired) electrons. The fourth-order valence-corrected chi connectivity index (χ4v) is 1.76. The van der Waals surface area contributed by atoms with Gasteiger partial charge in [0.25, 0.3) is 0 Å². The Labute approximate surface area is 82.8 Å². The number of nitrogens with one attached hydrogen (secondary N) is 1. The zero-order valence-electron chi connectivity index (χ0n) is 7.81. The van der Waals surface area contributed by atoms with Gasteiger partial charge in [-0.1, -0.05) is 30.3 Å². The lowest BCUT2D eigenvalue weighted by molar-refractivity contribution is -0.119. The minimum atomic E-state index is -0.581. The monoisotopic (exact) mass is 191 g/mol. The van der Waals surface area contributed by atoms with Crippen molar-refractivity contribution in [3.63, 3.8) is 0 Å². The number of aliphatic hydroxyl groups excluding tert-OH is 1. The molecule has 2 N–H and O–H groups in total. The standard InChI is InChI=1S/C11H13NO2/c13-10-7-6-9(12-10)11(14)8-4-2-1-3-5-8/h1-5,9,11,14H,6-7H2,(H,12,13)/t9-,11-/m0/s1. The number of hydrogen-bond acceptors (Lipinski definition) is 2. The van der Waals surface area contributed by atoms with Gasteiger partial charge in [-0.05, 0) is 12.0 Å². The summed E-state index contributed by atoms with van der Waals surface area (Å²) < 4.78 is 0. The molecule has 1 amide bonds. The predicted octanol–water partition coefficient (Wildman–Crippen LogP) is 0.999. The highest BCUT2D eigenvalue weighted by Crippen LogP contribution is 2.22. The Kier molecular flexibility index (Phi) is 2.50. The van der Waals surface area contributed by atoms with Crippen molar-refractivity contribution in [2.75, 3.05) is 0 Å². The van der Waals surface area contributed by atoms with Crippen molar-refractivity contribution in [1.29, 1.82) is 0 Å². The smallest absolute Gasteiger partial charge is 0.220 e. The third kappa shape index (κ3) is 1.77. The SMILES string of the molecule is O=C1CC[C@@H]([C@@H](O)c2ccccc2)N1. The van der Waals surface area contributed by atoms with E-state index in [4.69, 9.17) is 0 Å². The normalized spacial score (nSPS) is 23.2. The van der Waals surface area contributed by atoms with Gasteiger partial charge in [0.2, 0.25) is 5.91 Å². The molecule has 0 spiro atoms. The van der Waals surface area contributed by atoms with Crippen LogP contribution in [0.5, 0.6) is 0 Å². The molecule has 0 aliphatic carbocycles. The Hall–Kier alpha value is -1.35. The van der Waals surface area contributed by atoms with Gasteiger partial charge in [0, 0.05) is 6.42 Å². The molecule has 0 saturated carbocycles. The van der Waals surface area contributed by atoms with Crippen molar-refractivity contribution >= 4 is 5.91 Å². The van der Waals surface area contributed by atoms with Crippen molar-refractivity contribution in [3.8, 4) is 0 Å². The molecule has 14 heavy (non-hydrogen) atoms. The summed E-state index contributed by atoms with van der Waals surface area (Å²) in [4.78, 5) is 11.0. The second-order valence-corrected chi connectivity index (χ2v) is 3.57. The van der Waals surface area contributed by atoms with Gasteiger partial charge in [-0.2, -0.15) is 0 Å². The molecule has 1 aliphatic rings. The zero-order valence-corrected chi connectivity index (χ0v) is 7.81. The van der Waals surface area contributed by atoms with Gasteiger partial charge in [-0.3, -0.25) is 4.79 Å². The molecular weight excluding hydrogens is 178 g/mol. The minimum absolute atomic E-state index is 0.0324. The molecule has 1 fully saturated rings. The van der Waals surface area contributed by atoms with E-state index in [2.05, 4.69) is 5.32 Å². The second-order valence-electron chi connectivity index (χ2n) is 3.57. The number of carbonyl (C=O) groups excluding carboxylic acids is 1. The quantitative estimate of drug-likeness (QED) is 0.732. The molecule has 0 unspecified atom stereocenters. The highest BCUT2D eigenvalue weighted by Gasteiger charge is 2.27. The van der Waals surface area contributed by atoms with Gasteiger partial charge in [-0.15, -0.1) is 0 Å². The average Bonchev–Trinajstić information content (AvgIpc) is 2.65. The van der Waals surface area contributed by atoms with Crippen LogP contribution in [0.3, 0.4) is 0 Å². The Morgan fingerprint density at radius 1 is 1.36 bits per heavy atom. The van der Waals surface area contributed by atoms with E-state index in [1.165, 1.54) is 0 Å². The number of aliphatic hydroxyl groups is 1. The van der Waals surface area contributed by atoms with E-state index < -0.39 is 6.10 Å². The van der Waals surface area contributed by atoms with E-state index >= 15 is 0 Å². The molecule has 3 heteroatoms. The number of benzene rings is 1. The van der Waals surface area contributed by atoms with Crippen LogP contribution >= 0.6 is 0 Å². The number of hydrogen-bond donors (Lipinski definition) is 2. The summed E-state index contributed by atoms with van der Waals surface area (Å²) in [7, 11) is 0. The first-order valence-corrected chi connectivity index (χ1v) is 4.80. The van der Waals surface area contributed by atoms with Crippen molar-refractivity contribution in [2.45, 2.75) is 25.0 Å². The summed E-state index contributed by atoms with van der Waals surface area (Å²) in [5.41, 5.74) is 0.861. The molecule has 2 rings (SSSR count). The maximum Gasteiger partial charge on any atom is 0.220 e. The van der Waals surface area contributed by atoms with E-state index in [-0.39, 0.29) is 11.9 Å². The van der Waals surface area contributed by atoms with Gasteiger partial charge >= 0.3 is 0 Å². The predicted molar refractivity (Wildman–Crippen MR) is 52.6 cm³/mol. The average molecular weight is 191 g/mol. The second kappa shape index (κ2) is 3.80. The Morgan fingerprint density at radius 2 is 2.07 bits per heavy atom. The maximum atomic E-state index is 11.0. The van der Waals surface area contributed by atoms with Crippen LogP contribution in [0.15, 0.2) is 30.3 Å². The molecule has 0 bridgehead atoms. The van der Waals surface area contributed by atoms with Crippen LogP contribution in [0, 0.1) is 0 Å². The van der Waals surface area contributed by atoms with Crippen LogP contribution < -0.4 is 5.32 Å². The first-order chi connectivity index (χ1) is 6.77. The molecule has 1 heterocycles. The first-order valence-electron chi connectivity index (χ1n) is 4.80. The van der Waals surface area contributed by atoms with Crippen LogP contribution in [0.25, 0.3) is 0 Å². The van der Waals surface area contributed by atoms with E-state index in [9.17, 15) is 9.90 Å². The summed E-state index contributed by atoms with van der Waals surface area (Å²) in [6.45, 7) is 0. The summed E-state index contributed by atoms with van der Waals surface area (Å²) in [5.74, 6) is 0.0324. The Balaban J connectivity index is 2.09.